The minimum absolute atomic E-state index is 0.0879. The van der Waals surface area contributed by atoms with Crippen LogP contribution in [0.3, 0.4) is 0 Å². The molecule has 2 rings (SSSR count). The maximum absolute atomic E-state index is 12.6. The molecule has 2 unspecified atom stereocenters. The van der Waals surface area contributed by atoms with Gasteiger partial charge in [0, 0.05) is 24.0 Å². The molecule has 0 spiro atoms. The number of hydrogen-bond donors (Lipinski definition) is 0. The molecule has 7 heteroatoms. The highest BCUT2D eigenvalue weighted by molar-refractivity contribution is 7.84. The molecule has 0 aromatic carbocycles. The van der Waals surface area contributed by atoms with E-state index in [9.17, 15) is 9.00 Å². The average Bonchev–Trinajstić information content (AvgIpc) is 2.83. The number of amides is 1. The Morgan fingerprint density at radius 3 is 2.52 bits per heavy atom. The van der Waals surface area contributed by atoms with Crippen LogP contribution >= 0.6 is 0 Å². The zero-order valence-corrected chi connectivity index (χ0v) is 15.3. The fourth-order valence-corrected chi connectivity index (χ4v) is 3.95. The predicted octanol–water partition coefficient (Wildman–Crippen LogP) is 2.60. The Morgan fingerprint density at radius 2 is 1.96 bits per heavy atom. The van der Waals surface area contributed by atoms with Crippen molar-refractivity contribution in [1.82, 2.24) is 14.9 Å². The molecular formula is C16H25N3O3S. The van der Waals surface area contributed by atoms with E-state index < -0.39 is 16.4 Å². The number of ether oxygens (including phenoxy) is 1. The van der Waals surface area contributed by atoms with Crippen LogP contribution in [0.2, 0.25) is 0 Å². The van der Waals surface area contributed by atoms with Gasteiger partial charge in [-0.05, 0) is 53.5 Å². The summed E-state index contributed by atoms with van der Waals surface area (Å²) in [5.41, 5.74) is 1.08. The molecule has 1 saturated heterocycles. The number of rotatable bonds is 3. The van der Waals surface area contributed by atoms with E-state index in [1.165, 1.54) is 0 Å². The normalized spacial score (nSPS) is 19.7. The van der Waals surface area contributed by atoms with Crippen LogP contribution in [-0.4, -0.2) is 49.1 Å². The van der Waals surface area contributed by atoms with Gasteiger partial charge in [-0.2, -0.15) is 0 Å². The van der Waals surface area contributed by atoms with E-state index in [2.05, 4.69) is 9.97 Å². The van der Waals surface area contributed by atoms with Gasteiger partial charge in [0.2, 0.25) is 5.16 Å². The lowest BCUT2D eigenvalue weighted by Gasteiger charge is -2.28. The second-order valence-corrected chi connectivity index (χ2v) is 8.30. The van der Waals surface area contributed by atoms with E-state index in [1.807, 2.05) is 40.7 Å². The Morgan fingerprint density at radius 1 is 1.35 bits per heavy atom. The molecule has 0 N–H and O–H groups in total. The molecule has 1 aliphatic rings. The quantitative estimate of drug-likeness (QED) is 0.792. The fraction of sp³-hybridized carbons (Fsp3) is 0.688. The Kier molecular flexibility index (Phi) is 5.39. The molecule has 1 aliphatic heterocycles. The number of aromatic nitrogens is 2. The van der Waals surface area contributed by atoms with Crippen molar-refractivity contribution >= 4 is 16.9 Å². The highest BCUT2D eigenvalue weighted by atomic mass is 32.2. The number of hydrogen-bond acceptors (Lipinski definition) is 5. The molecule has 0 bridgehead atoms. The zero-order valence-electron chi connectivity index (χ0n) is 14.5. The summed E-state index contributed by atoms with van der Waals surface area (Å²) >= 11 is 0. The first-order valence-electron chi connectivity index (χ1n) is 7.86. The zero-order chi connectivity index (χ0) is 17.2. The molecule has 2 heterocycles. The Bertz CT molecular complexity index is 593. The molecule has 1 aromatic rings. The van der Waals surface area contributed by atoms with Gasteiger partial charge < -0.3 is 9.64 Å². The molecule has 1 amide bonds. The lowest BCUT2D eigenvalue weighted by atomic mass is 10.2. The molecule has 1 aromatic heterocycles. The monoisotopic (exact) mass is 339 g/mol. The first kappa shape index (κ1) is 17.8. The van der Waals surface area contributed by atoms with Crippen LogP contribution in [0.1, 0.15) is 45.0 Å². The number of carbonyl (C=O) groups is 1. The molecule has 0 radical (unpaired) electrons. The van der Waals surface area contributed by atoms with Gasteiger partial charge in [-0.25, -0.2) is 14.8 Å². The maximum Gasteiger partial charge on any atom is 0.410 e. The summed E-state index contributed by atoms with van der Waals surface area (Å²) in [4.78, 5) is 22.5. The number of carbonyl (C=O) groups excluding carboxylic acids is 1. The van der Waals surface area contributed by atoms with Gasteiger partial charge in [-0.3, -0.25) is 4.21 Å². The first-order chi connectivity index (χ1) is 10.7. The van der Waals surface area contributed by atoms with Gasteiger partial charge in [0.15, 0.2) is 0 Å². The van der Waals surface area contributed by atoms with E-state index in [0.29, 0.717) is 17.5 Å². The summed E-state index contributed by atoms with van der Waals surface area (Å²) in [5, 5.41) is 0.346. The summed E-state index contributed by atoms with van der Waals surface area (Å²) in [6, 6.07) is 1.76. The van der Waals surface area contributed by atoms with Crippen LogP contribution in [0.5, 0.6) is 0 Å². The van der Waals surface area contributed by atoms with E-state index in [4.69, 9.17) is 4.74 Å². The van der Waals surface area contributed by atoms with Gasteiger partial charge in [0.05, 0.1) is 16.6 Å². The number of likely N-dealkylation sites (tertiary alicyclic amines) is 1. The summed E-state index contributed by atoms with van der Waals surface area (Å²) in [5.74, 6) is 0.349. The van der Waals surface area contributed by atoms with Crippen LogP contribution in [0.25, 0.3) is 0 Å². The summed E-state index contributed by atoms with van der Waals surface area (Å²) in [6.07, 6.45) is 1.39. The van der Waals surface area contributed by atoms with Crippen molar-refractivity contribution in [2.45, 2.75) is 64.3 Å². The highest BCUT2D eigenvalue weighted by Crippen LogP contribution is 2.22. The first-order valence-corrected chi connectivity index (χ1v) is 9.18. The van der Waals surface area contributed by atoms with Crippen LogP contribution in [0.15, 0.2) is 11.2 Å². The molecule has 128 valence electrons. The summed E-state index contributed by atoms with van der Waals surface area (Å²) in [7, 11) is -1.33. The van der Waals surface area contributed by atoms with Gasteiger partial charge in [-0.1, -0.05) is 0 Å². The third kappa shape index (κ3) is 4.99. The molecule has 2 atom stereocenters. The van der Waals surface area contributed by atoms with Crippen molar-refractivity contribution in [1.29, 1.82) is 0 Å². The molecule has 1 fully saturated rings. The van der Waals surface area contributed by atoms with Crippen molar-refractivity contribution in [3.63, 3.8) is 0 Å². The third-order valence-electron chi connectivity index (χ3n) is 3.51. The van der Waals surface area contributed by atoms with Crippen LogP contribution in [0.4, 0.5) is 4.79 Å². The number of nitrogens with zero attached hydrogens (tertiary/aromatic N) is 3. The fourth-order valence-electron chi connectivity index (χ4n) is 2.61. The topological polar surface area (TPSA) is 72.4 Å². The van der Waals surface area contributed by atoms with E-state index >= 15 is 0 Å². The van der Waals surface area contributed by atoms with E-state index in [1.54, 1.807) is 4.90 Å². The Labute approximate surface area is 140 Å². The Hall–Kier alpha value is -1.50. The minimum Gasteiger partial charge on any atom is -0.444 e. The molecule has 6 nitrogen and oxygen atoms in total. The summed E-state index contributed by atoms with van der Waals surface area (Å²) in [6.45, 7) is 9.90. The van der Waals surface area contributed by atoms with Gasteiger partial charge in [-0.15, -0.1) is 0 Å². The van der Waals surface area contributed by atoms with E-state index in [-0.39, 0.29) is 12.1 Å². The molecule has 0 aliphatic carbocycles. The van der Waals surface area contributed by atoms with Crippen LogP contribution in [-0.2, 0) is 15.5 Å². The SMILES string of the molecule is Cc1cc(C)nc(S(=O)CC2CCCN2C(=O)OC(C)(C)C)n1. The van der Waals surface area contributed by atoms with Crippen molar-refractivity contribution in [2.75, 3.05) is 12.3 Å². The van der Waals surface area contributed by atoms with Gasteiger partial charge in [0.1, 0.15) is 5.60 Å². The highest BCUT2D eigenvalue weighted by Gasteiger charge is 2.33. The van der Waals surface area contributed by atoms with E-state index in [0.717, 1.165) is 24.2 Å². The molecule has 0 saturated carbocycles. The third-order valence-corrected chi connectivity index (χ3v) is 4.79. The second-order valence-electron chi connectivity index (χ2n) is 6.92. The minimum atomic E-state index is -1.33. The lowest BCUT2D eigenvalue weighted by molar-refractivity contribution is 0.0241. The second kappa shape index (κ2) is 6.95. The van der Waals surface area contributed by atoms with Crippen LogP contribution in [0, 0.1) is 13.8 Å². The van der Waals surface area contributed by atoms with Crippen LogP contribution < -0.4 is 0 Å². The lowest BCUT2D eigenvalue weighted by Crippen LogP contribution is -2.42. The van der Waals surface area contributed by atoms with Crippen molar-refractivity contribution in [3.8, 4) is 0 Å². The molecular weight excluding hydrogens is 314 g/mol. The average molecular weight is 339 g/mol. The van der Waals surface area contributed by atoms with Crippen molar-refractivity contribution < 1.29 is 13.7 Å². The maximum atomic E-state index is 12.6. The van der Waals surface area contributed by atoms with Gasteiger partial charge in [0.25, 0.3) is 0 Å². The molecule has 23 heavy (non-hydrogen) atoms. The smallest absolute Gasteiger partial charge is 0.410 e. The summed E-state index contributed by atoms with van der Waals surface area (Å²) < 4.78 is 18.0. The predicted molar refractivity (Wildman–Crippen MR) is 88.7 cm³/mol. The Balaban J connectivity index is 2.06. The number of aryl methyl sites for hydroxylation is 2. The largest absolute Gasteiger partial charge is 0.444 e. The van der Waals surface area contributed by atoms with Gasteiger partial charge >= 0.3 is 6.09 Å². The van der Waals surface area contributed by atoms with Crippen molar-refractivity contribution in [2.24, 2.45) is 0 Å². The van der Waals surface area contributed by atoms with Crippen molar-refractivity contribution in [3.05, 3.63) is 17.5 Å². The standard InChI is InChI=1S/C16H25N3O3S/c1-11-9-12(2)18-14(17-11)23(21)10-13-7-6-8-19(13)15(20)22-16(3,4)5/h9,13H,6-8,10H2,1-5H3.